The Morgan fingerprint density at radius 2 is 2.13 bits per heavy atom. The Hall–Kier alpha value is -0.730. The van der Waals surface area contributed by atoms with Gasteiger partial charge < -0.3 is 4.74 Å². The molecule has 0 atom stereocenters. The summed E-state index contributed by atoms with van der Waals surface area (Å²) in [6, 6.07) is 4.92. The minimum absolute atomic E-state index is 0.0410. The number of Topliss-reactive ketones (excluding diaryl/α,β-unsaturated/α-hetero) is 1. The van der Waals surface area contributed by atoms with Crippen LogP contribution in [0.5, 0.6) is 5.75 Å². The van der Waals surface area contributed by atoms with Gasteiger partial charge in [0.25, 0.3) is 0 Å². The van der Waals surface area contributed by atoms with Crippen molar-refractivity contribution < 1.29 is 9.53 Å². The van der Waals surface area contributed by atoms with Gasteiger partial charge in [0.05, 0.1) is 17.0 Å². The van der Waals surface area contributed by atoms with Gasteiger partial charge in [-0.3, -0.25) is 4.79 Å². The largest absolute Gasteiger partial charge is 0.489 e. The predicted octanol–water partition coefficient (Wildman–Crippen LogP) is 3.55. The molecule has 0 spiro atoms. The molecule has 1 aromatic rings. The fourth-order valence-corrected chi connectivity index (χ4v) is 1.48. The lowest BCUT2D eigenvalue weighted by atomic mass is 10.1. The Balaban J connectivity index is 2.93. The van der Waals surface area contributed by atoms with Gasteiger partial charge in [0.2, 0.25) is 0 Å². The SMILES string of the molecule is CC(C)Oc1ccc(C(=O)CCl)cc1Cl. The summed E-state index contributed by atoms with van der Waals surface area (Å²) in [5.74, 6) is 0.396. The average molecular weight is 247 g/mol. The van der Waals surface area contributed by atoms with Crippen molar-refractivity contribution in [3.8, 4) is 5.75 Å². The van der Waals surface area contributed by atoms with E-state index < -0.39 is 0 Å². The van der Waals surface area contributed by atoms with Gasteiger partial charge in [0.1, 0.15) is 5.75 Å². The van der Waals surface area contributed by atoms with Crippen LogP contribution in [0.3, 0.4) is 0 Å². The fraction of sp³-hybridized carbons (Fsp3) is 0.364. The lowest BCUT2D eigenvalue weighted by Crippen LogP contribution is -2.07. The quantitative estimate of drug-likeness (QED) is 0.600. The van der Waals surface area contributed by atoms with E-state index in [2.05, 4.69) is 0 Å². The number of ether oxygens (including phenoxy) is 1. The molecule has 0 saturated carbocycles. The van der Waals surface area contributed by atoms with Gasteiger partial charge in [-0.15, -0.1) is 11.6 Å². The smallest absolute Gasteiger partial charge is 0.177 e. The first kappa shape index (κ1) is 12.3. The highest BCUT2D eigenvalue weighted by molar-refractivity contribution is 6.33. The van der Waals surface area contributed by atoms with Gasteiger partial charge >= 0.3 is 0 Å². The molecule has 4 heteroatoms. The number of rotatable bonds is 4. The molecule has 2 nitrogen and oxygen atoms in total. The van der Waals surface area contributed by atoms with E-state index in [0.717, 1.165) is 0 Å². The zero-order valence-electron chi connectivity index (χ0n) is 8.59. The highest BCUT2D eigenvalue weighted by atomic mass is 35.5. The van der Waals surface area contributed by atoms with E-state index in [1.54, 1.807) is 18.2 Å². The molecule has 1 rings (SSSR count). The van der Waals surface area contributed by atoms with Gasteiger partial charge in [-0.25, -0.2) is 0 Å². The third kappa shape index (κ3) is 3.40. The number of halogens is 2. The van der Waals surface area contributed by atoms with Crippen LogP contribution < -0.4 is 4.74 Å². The molecule has 15 heavy (non-hydrogen) atoms. The van der Waals surface area contributed by atoms with E-state index in [1.807, 2.05) is 13.8 Å². The van der Waals surface area contributed by atoms with E-state index in [1.165, 1.54) is 0 Å². The third-order valence-electron chi connectivity index (χ3n) is 1.74. The summed E-state index contributed by atoms with van der Waals surface area (Å²) in [6.45, 7) is 3.82. The van der Waals surface area contributed by atoms with Crippen LogP contribution in [-0.2, 0) is 0 Å². The molecular weight excluding hydrogens is 235 g/mol. The number of benzene rings is 1. The van der Waals surface area contributed by atoms with E-state index in [-0.39, 0.29) is 17.8 Å². The van der Waals surface area contributed by atoms with Crippen molar-refractivity contribution in [3.05, 3.63) is 28.8 Å². The number of ketones is 1. The molecule has 0 unspecified atom stereocenters. The summed E-state index contributed by atoms with van der Waals surface area (Å²) in [7, 11) is 0. The van der Waals surface area contributed by atoms with Crippen molar-refractivity contribution in [2.75, 3.05) is 5.88 Å². The number of carbonyl (C=O) groups is 1. The molecule has 0 heterocycles. The number of alkyl halides is 1. The second-order valence-corrected chi connectivity index (χ2v) is 4.04. The first-order valence-electron chi connectivity index (χ1n) is 4.60. The van der Waals surface area contributed by atoms with Crippen molar-refractivity contribution >= 4 is 29.0 Å². The Labute approximate surface area is 99.1 Å². The Kier molecular flexibility index (Phi) is 4.43. The van der Waals surface area contributed by atoms with Crippen LogP contribution in [0, 0.1) is 0 Å². The van der Waals surface area contributed by atoms with Crippen LogP contribution in [-0.4, -0.2) is 17.8 Å². The summed E-state index contributed by atoms with van der Waals surface area (Å²) in [5, 5.41) is 0.430. The molecule has 1 aromatic carbocycles. The monoisotopic (exact) mass is 246 g/mol. The summed E-state index contributed by atoms with van der Waals surface area (Å²) in [6.07, 6.45) is 0.0529. The van der Waals surface area contributed by atoms with Gasteiger partial charge in [0, 0.05) is 5.56 Å². The molecule has 0 amide bonds. The van der Waals surface area contributed by atoms with E-state index >= 15 is 0 Å². The minimum atomic E-state index is -0.144. The highest BCUT2D eigenvalue weighted by Crippen LogP contribution is 2.26. The molecule has 0 aliphatic carbocycles. The second kappa shape index (κ2) is 5.38. The zero-order chi connectivity index (χ0) is 11.4. The second-order valence-electron chi connectivity index (χ2n) is 3.37. The molecule has 0 aliphatic rings. The Bertz CT molecular complexity index is 362. The van der Waals surface area contributed by atoms with Crippen molar-refractivity contribution in [2.24, 2.45) is 0 Å². The first-order chi connectivity index (χ1) is 7.04. The average Bonchev–Trinajstić information content (AvgIpc) is 2.19. The lowest BCUT2D eigenvalue weighted by Gasteiger charge is -2.11. The maximum atomic E-state index is 11.3. The van der Waals surface area contributed by atoms with Crippen LogP contribution >= 0.6 is 23.2 Å². The molecule has 82 valence electrons. The zero-order valence-corrected chi connectivity index (χ0v) is 10.1. The molecule has 0 radical (unpaired) electrons. The van der Waals surface area contributed by atoms with E-state index in [4.69, 9.17) is 27.9 Å². The molecule has 0 bridgehead atoms. The normalized spacial score (nSPS) is 10.5. The van der Waals surface area contributed by atoms with Crippen molar-refractivity contribution in [2.45, 2.75) is 20.0 Å². The van der Waals surface area contributed by atoms with Gasteiger partial charge in [-0.1, -0.05) is 11.6 Å². The number of carbonyl (C=O) groups excluding carboxylic acids is 1. The molecule has 0 N–H and O–H groups in total. The van der Waals surface area contributed by atoms with Crippen molar-refractivity contribution in [1.29, 1.82) is 0 Å². The highest BCUT2D eigenvalue weighted by Gasteiger charge is 2.09. The van der Waals surface area contributed by atoms with Crippen LogP contribution in [0.25, 0.3) is 0 Å². The third-order valence-corrected chi connectivity index (χ3v) is 2.28. The molecule has 0 fully saturated rings. The molecule has 0 aliphatic heterocycles. The van der Waals surface area contributed by atoms with Crippen LogP contribution in [0.4, 0.5) is 0 Å². The van der Waals surface area contributed by atoms with E-state index in [9.17, 15) is 4.79 Å². The maximum absolute atomic E-state index is 11.3. The standard InChI is InChI=1S/C11H12Cl2O2/c1-7(2)15-11-4-3-8(5-9(11)13)10(14)6-12/h3-5,7H,6H2,1-2H3. The first-order valence-corrected chi connectivity index (χ1v) is 5.51. The minimum Gasteiger partial charge on any atom is -0.489 e. The fourth-order valence-electron chi connectivity index (χ4n) is 1.10. The summed E-state index contributed by atoms with van der Waals surface area (Å²) < 4.78 is 5.44. The number of hydrogen-bond acceptors (Lipinski definition) is 2. The van der Waals surface area contributed by atoms with E-state index in [0.29, 0.717) is 16.3 Å². The van der Waals surface area contributed by atoms with Gasteiger partial charge in [-0.05, 0) is 32.0 Å². The number of hydrogen-bond donors (Lipinski definition) is 0. The van der Waals surface area contributed by atoms with Crippen LogP contribution in [0.2, 0.25) is 5.02 Å². The summed E-state index contributed by atoms with van der Waals surface area (Å²) in [5.41, 5.74) is 0.506. The van der Waals surface area contributed by atoms with Crippen LogP contribution in [0.1, 0.15) is 24.2 Å². The van der Waals surface area contributed by atoms with Crippen LogP contribution in [0.15, 0.2) is 18.2 Å². The molecule has 0 aromatic heterocycles. The Morgan fingerprint density at radius 1 is 1.47 bits per heavy atom. The predicted molar refractivity (Wildman–Crippen MR) is 62.3 cm³/mol. The molecule has 0 saturated heterocycles. The summed E-state index contributed by atoms with van der Waals surface area (Å²) >= 11 is 11.4. The van der Waals surface area contributed by atoms with Gasteiger partial charge in [0.15, 0.2) is 5.78 Å². The molecular formula is C11H12Cl2O2. The maximum Gasteiger partial charge on any atom is 0.177 e. The van der Waals surface area contributed by atoms with Gasteiger partial charge in [-0.2, -0.15) is 0 Å². The summed E-state index contributed by atoms with van der Waals surface area (Å²) in [4.78, 5) is 11.3. The Morgan fingerprint density at radius 3 is 2.60 bits per heavy atom. The van der Waals surface area contributed by atoms with Crippen molar-refractivity contribution in [1.82, 2.24) is 0 Å². The topological polar surface area (TPSA) is 26.3 Å². The lowest BCUT2D eigenvalue weighted by molar-refractivity contribution is 0.102. The van der Waals surface area contributed by atoms with Crippen molar-refractivity contribution in [3.63, 3.8) is 0 Å².